The summed E-state index contributed by atoms with van der Waals surface area (Å²) in [4.78, 5) is 0. The Morgan fingerprint density at radius 3 is 0.686 bits per heavy atom. The molecular formula is C73H94O13. The van der Waals surface area contributed by atoms with Gasteiger partial charge in [-0.3, -0.25) is 0 Å². The van der Waals surface area contributed by atoms with Gasteiger partial charge in [-0.25, -0.2) is 0 Å². The maximum absolute atomic E-state index is 10.5. The average molecular weight is 1180 g/mol. The maximum atomic E-state index is 10.5. The molecule has 5 heterocycles. The number of ether oxygens (including phenoxy) is 12. The van der Waals surface area contributed by atoms with Crippen molar-refractivity contribution in [1.82, 2.24) is 0 Å². The first-order valence-electron chi connectivity index (χ1n) is 30.1. The largest absolute Gasteiger partial charge is 0.491 e. The lowest BCUT2D eigenvalue weighted by Crippen LogP contribution is -2.25. The van der Waals surface area contributed by atoms with Crippen molar-refractivity contribution in [2.24, 2.45) is 0 Å². The van der Waals surface area contributed by atoms with Gasteiger partial charge in [-0.05, 0) is 107 Å². The highest BCUT2D eigenvalue weighted by molar-refractivity contribution is 5.43. The van der Waals surface area contributed by atoms with E-state index < -0.39 is 6.10 Å². The Morgan fingerprint density at radius 1 is 0.326 bits per heavy atom. The molecule has 5 atom stereocenters. The van der Waals surface area contributed by atoms with Crippen LogP contribution in [0.1, 0.15) is 97.9 Å². The molecule has 13 nitrogen and oxygen atoms in total. The number of hydrogen-bond acceptors (Lipinski definition) is 13. The molecule has 0 bridgehead atoms. The summed E-state index contributed by atoms with van der Waals surface area (Å²) in [5, 5.41) is 10.5. The van der Waals surface area contributed by atoms with E-state index in [1.165, 1.54) is 35.1 Å². The molecule has 1 N–H and O–H groups in total. The third-order valence-electron chi connectivity index (χ3n) is 13.6. The van der Waals surface area contributed by atoms with E-state index in [0.29, 0.717) is 62.8 Å². The second kappa shape index (κ2) is 36.1. The molecule has 0 saturated carbocycles. The van der Waals surface area contributed by atoms with Crippen LogP contribution in [0.2, 0.25) is 0 Å². The monoisotopic (exact) mass is 1180 g/mol. The third kappa shape index (κ3) is 25.9. The molecule has 5 aliphatic rings. The second-order valence-corrected chi connectivity index (χ2v) is 22.3. The van der Waals surface area contributed by atoms with Crippen LogP contribution in [0.25, 0.3) is 0 Å². The lowest BCUT2D eigenvalue weighted by molar-refractivity contribution is 0.0626. The molecule has 5 saturated heterocycles. The summed E-state index contributed by atoms with van der Waals surface area (Å²) in [5.74, 6) is 5.87. The van der Waals surface area contributed by atoms with Crippen LogP contribution in [0.3, 0.4) is 0 Å². The van der Waals surface area contributed by atoms with Crippen molar-refractivity contribution in [2.75, 3.05) is 79.3 Å². The van der Waals surface area contributed by atoms with Crippen LogP contribution in [0, 0.1) is 0 Å². The van der Waals surface area contributed by atoms with Crippen LogP contribution >= 0.6 is 0 Å². The zero-order chi connectivity index (χ0) is 60.1. The van der Waals surface area contributed by atoms with Crippen molar-refractivity contribution in [3.8, 4) is 40.2 Å². The van der Waals surface area contributed by atoms with Gasteiger partial charge in [0.15, 0.2) is 0 Å². The lowest BCUT2D eigenvalue weighted by atomic mass is 9.78. The first-order chi connectivity index (χ1) is 41.3. The van der Waals surface area contributed by atoms with Crippen LogP contribution < -0.4 is 33.2 Å². The minimum Gasteiger partial charge on any atom is -0.491 e. The van der Waals surface area contributed by atoms with Gasteiger partial charge in [0.2, 0.25) is 0 Å². The second-order valence-electron chi connectivity index (χ2n) is 22.3. The normalized spacial score (nSPS) is 18.2. The number of epoxide rings is 5. The van der Waals surface area contributed by atoms with Crippen molar-refractivity contribution >= 4 is 0 Å². The summed E-state index contributed by atoms with van der Waals surface area (Å²) in [7, 11) is 0. The molecule has 0 spiro atoms. The molecule has 13 heteroatoms. The van der Waals surface area contributed by atoms with Gasteiger partial charge in [0.25, 0.3) is 0 Å². The van der Waals surface area contributed by atoms with Crippen LogP contribution in [0.15, 0.2) is 188 Å². The highest BCUT2D eigenvalue weighted by atomic mass is 16.6. The predicted octanol–water partition coefficient (Wildman–Crippen LogP) is 14.6. The van der Waals surface area contributed by atoms with E-state index in [1.807, 2.05) is 140 Å². The molecule has 7 aromatic carbocycles. The topological polar surface area (TPSA) is 147 Å². The van der Waals surface area contributed by atoms with Crippen LogP contribution in [-0.4, -0.2) is 121 Å². The van der Waals surface area contributed by atoms with E-state index in [2.05, 4.69) is 104 Å². The van der Waals surface area contributed by atoms with Crippen molar-refractivity contribution in [1.29, 1.82) is 0 Å². The molecule has 7 aromatic rings. The molecule has 0 amide bonds. The van der Waals surface area contributed by atoms with Gasteiger partial charge in [-0.2, -0.15) is 0 Å². The molecular weight excluding hydrogens is 1080 g/mol. The summed E-state index contributed by atoms with van der Waals surface area (Å²) >= 11 is 0. The maximum Gasteiger partial charge on any atom is 0.122 e. The zero-order valence-corrected chi connectivity index (χ0v) is 51.1. The van der Waals surface area contributed by atoms with Crippen molar-refractivity contribution in [3.05, 3.63) is 210 Å². The highest BCUT2D eigenvalue weighted by Gasteiger charge is 2.28. The van der Waals surface area contributed by atoms with Gasteiger partial charge in [-0.1, -0.05) is 179 Å². The number of benzene rings is 7. The number of aliphatic hydroxyl groups excluding tert-OH is 1. The number of para-hydroxylation sites is 3. The van der Waals surface area contributed by atoms with E-state index in [1.54, 1.807) is 0 Å². The zero-order valence-electron chi connectivity index (χ0n) is 51.1. The Labute approximate surface area is 512 Å². The first-order valence-corrected chi connectivity index (χ1v) is 30.1. The summed E-state index contributed by atoms with van der Waals surface area (Å²) in [6.45, 7) is 25.0. The molecule has 0 aromatic heterocycles. The molecule has 86 heavy (non-hydrogen) atoms. The number of rotatable bonds is 25. The summed E-state index contributed by atoms with van der Waals surface area (Å²) in [5.41, 5.74) is 4.33. The van der Waals surface area contributed by atoms with Gasteiger partial charge in [0.1, 0.15) is 123 Å². The van der Waals surface area contributed by atoms with Gasteiger partial charge in [-0.15, -0.1) is 0 Å². The number of hydrogen-bond donors (Lipinski definition) is 1. The molecule has 5 fully saturated rings. The van der Waals surface area contributed by atoms with Crippen LogP contribution in [-0.2, 0) is 34.5 Å². The quantitative estimate of drug-likeness (QED) is 0.0542. The Bertz CT molecular complexity index is 2610. The lowest BCUT2D eigenvalue weighted by Gasteiger charge is -2.26. The molecule has 5 unspecified atom stereocenters. The van der Waals surface area contributed by atoms with Crippen LogP contribution in [0.4, 0.5) is 0 Å². The fourth-order valence-electron chi connectivity index (χ4n) is 7.95. The first kappa shape index (κ1) is 68.0. The fourth-order valence-corrected chi connectivity index (χ4v) is 7.95. The third-order valence-corrected chi connectivity index (χ3v) is 13.6. The molecule has 0 radical (unpaired) electrons. The van der Waals surface area contributed by atoms with Gasteiger partial charge in [0, 0.05) is 10.8 Å². The summed E-state index contributed by atoms with van der Waals surface area (Å²) in [6, 6.07) is 61.9. The average Bonchev–Trinajstić information content (AvgIpc) is 4.09. The molecule has 464 valence electrons. The molecule has 0 aliphatic carbocycles. The van der Waals surface area contributed by atoms with Gasteiger partial charge < -0.3 is 61.9 Å². The Kier molecular flexibility index (Phi) is 28.6. The van der Waals surface area contributed by atoms with E-state index in [0.717, 1.165) is 61.8 Å². The van der Waals surface area contributed by atoms with E-state index >= 15 is 0 Å². The van der Waals surface area contributed by atoms with Gasteiger partial charge in [0.05, 0.1) is 33.0 Å². The van der Waals surface area contributed by atoms with E-state index in [-0.39, 0.29) is 43.7 Å². The Hall–Kier alpha value is -7.10. The predicted molar refractivity (Wildman–Crippen MR) is 341 cm³/mol. The minimum atomic E-state index is -0.772. The van der Waals surface area contributed by atoms with Crippen molar-refractivity contribution < 1.29 is 61.9 Å². The number of aliphatic hydroxyl groups is 1. The summed E-state index contributed by atoms with van der Waals surface area (Å²) < 4.78 is 65.0. The molecule has 5 aliphatic heterocycles. The minimum absolute atomic E-state index is 0. The highest BCUT2D eigenvalue weighted by Crippen LogP contribution is 2.35. The van der Waals surface area contributed by atoms with Crippen molar-refractivity contribution in [2.45, 2.75) is 123 Å². The van der Waals surface area contributed by atoms with Crippen LogP contribution in [0.5, 0.6) is 40.2 Å². The fraction of sp³-hybridized carbons (Fsp3) is 0.425. The Morgan fingerprint density at radius 2 is 0.500 bits per heavy atom. The van der Waals surface area contributed by atoms with Crippen molar-refractivity contribution in [3.63, 3.8) is 0 Å². The molecule has 12 rings (SSSR count). The smallest absolute Gasteiger partial charge is 0.122 e. The van der Waals surface area contributed by atoms with E-state index in [9.17, 15) is 5.11 Å². The summed E-state index contributed by atoms with van der Waals surface area (Å²) in [6.07, 6.45) is 3.24. The Balaban J connectivity index is 0.000000234. The van der Waals surface area contributed by atoms with Gasteiger partial charge >= 0.3 is 0 Å². The standard InChI is InChI=1S/C39H44O7.3C9H10O2.2C3H8.CH4/c1-38(2,29-9-17-34(18-10-29)43-23-36-25-45-36)27-5-13-32(14-6-27)41-21-31(40)22-42-33-15-7-28(8-16-33)39(3,4)30-11-19-35(20-12-30)44-24-37-26-46-37;3*1-2-4-8(5-3-1)10-6-9-7-11-9;2*1-3-2;/h5-20,31,36-37,40H,21-26H2,1-4H3;3*1-5,9H,6-7H2;2*3H2,1-2H3;1H4. The SMILES string of the molecule is C.CC(C)(c1ccc(OCC(O)COc2ccc(C(C)(C)c3ccc(OCC4CO4)cc3)cc2)cc1)c1ccc(OCC2CO2)cc1.CCC.CCC.c1ccc(OCC2CO2)cc1.c1ccc(OCC2CO2)cc1.c1ccc(OCC2CO2)cc1. The van der Waals surface area contributed by atoms with E-state index in [4.69, 9.17) is 56.8 Å².